The second-order valence-corrected chi connectivity index (χ2v) is 4.99. The number of benzene rings is 1. The minimum atomic E-state index is -0.253. The molecule has 1 N–H and O–H groups in total. The third-order valence-corrected chi connectivity index (χ3v) is 4.00. The molecule has 3 heteroatoms. The summed E-state index contributed by atoms with van der Waals surface area (Å²) in [5, 5.41) is 9.37. The maximum absolute atomic E-state index is 9.37. The molecule has 1 aromatic rings. The third-order valence-electron chi connectivity index (χ3n) is 4.00. The van der Waals surface area contributed by atoms with Gasteiger partial charge in [-0.25, -0.2) is 0 Å². The second kappa shape index (κ2) is 4.41. The van der Waals surface area contributed by atoms with Crippen LogP contribution in [0, 0.1) is 5.92 Å². The summed E-state index contributed by atoms with van der Waals surface area (Å²) in [6.07, 6.45) is 2.47. The fraction of sp³-hybridized carbons (Fsp3) is 0.571. The third kappa shape index (κ3) is 1.99. The predicted molar refractivity (Wildman–Crippen MR) is 63.5 cm³/mol. The highest BCUT2D eigenvalue weighted by molar-refractivity contribution is 5.14. The van der Waals surface area contributed by atoms with E-state index in [0.29, 0.717) is 19.1 Å². The lowest BCUT2D eigenvalue weighted by molar-refractivity contribution is 0.0288. The van der Waals surface area contributed by atoms with Crippen molar-refractivity contribution in [2.45, 2.75) is 31.2 Å². The fourth-order valence-corrected chi connectivity index (χ4v) is 2.88. The van der Waals surface area contributed by atoms with Gasteiger partial charge in [0.15, 0.2) is 0 Å². The minimum absolute atomic E-state index is 0.136. The van der Waals surface area contributed by atoms with Crippen LogP contribution in [0.15, 0.2) is 30.3 Å². The number of fused-ring (bicyclic) bond motifs is 1. The Labute approximate surface area is 101 Å². The van der Waals surface area contributed by atoms with Crippen LogP contribution in [0.1, 0.15) is 18.4 Å². The summed E-state index contributed by atoms with van der Waals surface area (Å²) in [5.41, 5.74) is 0.938. The molecule has 3 rings (SSSR count). The summed E-state index contributed by atoms with van der Waals surface area (Å²) in [4.78, 5) is 0. The van der Waals surface area contributed by atoms with E-state index in [1.54, 1.807) is 0 Å². The molecule has 0 amide bonds. The molecule has 3 nitrogen and oxygen atoms in total. The van der Waals surface area contributed by atoms with Gasteiger partial charge in [0.05, 0.1) is 25.9 Å². The lowest BCUT2D eigenvalue weighted by Crippen LogP contribution is -2.29. The fourth-order valence-electron chi connectivity index (χ4n) is 2.88. The summed E-state index contributed by atoms with van der Waals surface area (Å²) >= 11 is 0. The highest BCUT2D eigenvalue weighted by Gasteiger charge is 2.64. The molecule has 1 aliphatic heterocycles. The number of aliphatic hydroxyl groups excluding tert-OH is 1. The molecule has 2 aliphatic rings. The first kappa shape index (κ1) is 11.2. The normalized spacial score (nSPS) is 34.6. The number of epoxide rings is 1. The summed E-state index contributed by atoms with van der Waals surface area (Å²) in [7, 11) is 0. The van der Waals surface area contributed by atoms with Crippen LogP contribution >= 0.6 is 0 Å². The van der Waals surface area contributed by atoms with Crippen LogP contribution in [0.25, 0.3) is 0 Å². The van der Waals surface area contributed by atoms with Gasteiger partial charge in [0.1, 0.15) is 5.60 Å². The largest absolute Gasteiger partial charge is 0.393 e. The van der Waals surface area contributed by atoms with Crippen molar-refractivity contribution in [3.8, 4) is 0 Å². The number of aliphatic hydroxyl groups is 1. The van der Waals surface area contributed by atoms with Gasteiger partial charge in [-0.05, 0) is 18.4 Å². The minimum Gasteiger partial charge on any atom is -0.393 e. The zero-order chi connectivity index (χ0) is 11.7. The van der Waals surface area contributed by atoms with Gasteiger partial charge in [-0.2, -0.15) is 0 Å². The van der Waals surface area contributed by atoms with Crippen molar-refractivity contribution in [3.63, 3.8) is 0 Å². The smallest absolute Gasteiger partial charge is 0.123 e. The maximum atomic E-state index is 9.37. The van der Waals surface area contributed by atoms with E-state index in [-0.39, 0.29) is 18.3 Å². The lowest BCUT2D eigenvalue weighted by atomic mass is 9.96. The van der Waals surface area contributed by atoms with Crippen molar-refractivity contribution in [1.82, 2.24) is 0 Å². The van der Waals surface area contributed by atoms with Crippen LogP contribution in [-0.4, -0.2) is 30.0 Å². The van der Waals surface area contributed by atoms with Gasteiger partial charge in [0.2, 0.25) is 0 Å². The van der Waals surface area contributed by atoms with E-state index in [4.69, 9.17) is 9.47 Å². The molecule has 1 aliphatic carbocycles. The summed E-state index contributed by atoms with van der Waals surface area (Å²) in [6, 6.07) is 10.2. The Hall–Kier alpha value is -0.900. The molecule has 3 unspecified atom stereocenters. The van der Waals surface area contributed by atoms with E-state index in [2.05, 4.69) is 12.1 Å². The lowest BCUT2D eigenvalue weighted by Gasteiger charge is -2.18. The molecule has 0 spiro atoms. The number of hydrogen-bond donors (Lipinski definition) is 1. The topological polar surface area (TPSA) is 42.0 Å². The van der Waals surface area contributed by atoms with E-state index >= 15 is 0 Å². The first-order chi connectivity index (χ1) is 8.35. The quantitative estimate of drug-likeness (QED) is 0.789. The van der Waals surface area contributed by atoms with Crippen molar-refractivity contribution >= 4 is 0 Å². The number of ether oxygens (including phenoxy) is 2. The molecule has 17 heavy (non-hydrogen) atoms. The molecular formula is C14H18O3. The van der Waals surface area contributed by atoms with Crippen molar-refractivity contribution in [3.05, 3.63) is 35.9 Å². The molecule has 0 bridgehead atoms. The number of rotatable bonds is 5. The van der Waals surface area contributed by atoms with Crippen molar-refractivity contribution in [1.29, 1.82) is 0 Å². The monoisotopic (exact) mass is 234 g/mol. The van der Waals surface area contributed by atoms with E-state index in [9.17, 15) is 5.11 Å². The van der Waals surface area contributed by atoms with Gasteiger partial charge in [0, 0.05) is 5.92 Å². The highest BCUT2D eigenvalue weighted by atomic mass is 16.6. The molecule has 92 valence electrons. The second-order valence-electron chi connectivity index (χ2n) is 4.99. The molecular weight excluding hydrogens is 216 g/mol. The first-order valence-corrected chi connectivity index (χ1v) is 6.25. The zero-order valence-electron chi connectivity index (χ0n) is 9.84. The van der Waals surface area contributed by atoms with Crippen LogP contribution in [0.3, 0.4) is 0 Å². The standard InChI is InChI=1S/C14H18O3/c15-10-14-12(6-7-13(14)17-14)9-16-8-11-4-2-1-3-5-11/h1-5,12-13,15H,6-10H2. The van der Waals surface area contributed by atoms with Gasteiger partial charge >= 0.3 is 0 Å². The molecule has 1 saturated heterocycles. The Bertz CT molecular complexity index is 374. The van der Waals surface area contributed by atoms with E-state index in [1.165, 1.54) is 5.56 Å². The van der Waals surface area contributed by atoms with Crippen LogP contribution in [-0.2, 0) is 16.1 Å². The summed E-state index contributed by atoms with van der Waals surface area (Å²) < 4.78 is 11.3. The Kier molecular flexibility index (Phi) is 2.90. The van der Waals surface area contributed by atoms with Gasteiger partial charge in [-0.3, -0.25) is 0 Å². The SMILES string of the molecule is OCC12OC1CCC2COCc1ccccc1. The molecule has 3 atom stereocenters. The average Bonchev–Trinajstić information content (AvgIpc) is 3.01. The molecule has 2 fully saturated rings. The van der Waals surface area contributed by atoms with Gasteiger partial charge in [-0.15, -0.1) is 0 Å². The molecule has 1 saturated carbocycles. The highest BCUT2D eigenvalue weighted by Crippen LogP contribution is 2.53. The average molecular weight is 234 g/mol. The van der Waals surface area contributed by atoms with Crippen LogP contribution in [0.5, 0.6) is 0 Å². The molecule has 1 aromatic carbocycles. The molecule has 1 heterocycles. The van der Waals surface area contributed by atoms with Crippen molar-refractivity contribution < 1.29 is 14.6 Å². The number of hydrogen-bond acceptors (Lipinski definition) is 3. The van der Waals surface area contributed by atoms with Gasteiger partial charge < -0.3 is 14.6 Å². The van der Waals surface area contributed by atoms with Crippen molar-refractivity contribution in [2.75, 3.05) is 13.2 Å². The summed E-state index contributed by atoms with van der Waals surface area (Å²) in [6.45, 7) is 1.46. The first-order valence-electron chi connectivity index (χ1n) is 6.25. The van der Waals surface area contributed by atoms with Gasteiger partial charge in [-0.1, -0.05) is 30.3 Å². The summed E-state index contributed by atoms with van der Waals surface area (Å²) in [5.74, 6) is 0.362. The van der Waals surface area contributed by atoms with Crippen LogP contribution < -0.4 is 0 Å². The van der Waals surface area contributed by atoms with Crippen molar-refractivity contribution in [2.24, 2.45) is 5.92 Å². The van der Waals surface area contributed by atoms with Crippen LogP contribution in [0.2, 0.25) is 0 Å². The van der Waals surface area contributed by atoms with E-state index in [1.807, 2.05) is 18.2 Å². The maximum Gasteiger partial charge on any atom is 0.123 e. The molecule has 0 radical (unpaired) electrons. The Morgan fingerprint density at radius 1 is 1.29 bits per heavy atom. The zero-order valence-corrected chi connectivity index (χ0v) is 9.84. The van der Waals surface area contributed by atoms with Gasteiger partial charge in [0.25, 0.3) is 0 Å². The Balaban J connectivity index is 1.49. The van der Waals surface area contributed by atoms with E-state index in [0.717, 1.165) is 12.8 Å². The van der Waals surface area contributed by atoms with Crippen LogP contribution in [0.4, 0.5) is 0 Å². The Morgan fingerprint density at radius 2 is 2.12 bits per heavy atom. The Morgan fingerprint density at radius 3 is 2.82 bits per heavy atom. The molecule has 0 aromatic heterocycles. The predicted octanol–water partition coefficient (Wildman–Crippen LogP) is 1.74. The van der Waals surface area contributed by atoms with E-state index < -0.39 is 0 Å².